The van der Waals surface area contributed by atoms with Crippen LogP contribution in [-0.4, -0.2) is 41.8 Å². The van der Waals surface area contributed by atoms with E-state index < -0.39 is 0 Å². The molecule has 0 bridgehead atoms. The molecule has 5 nitrogen and oxygen atoms in total. The molecule has 2 fully saturated rings. The van der Waals surface area contributed by atoms with Gasteiger partial charge in [-0.15, -0.1) is 0 Å². The highest BCUT2D eigenvalue weighted by Crippen LogP contribution is 2.44. The Morgan fingerprint density at radius 3 is 3.00 bits per heavy atom. The van der Waals surface area contributed by atoms with Gasteiger partial charge in [0.15, 0.2) is 12.2 Å². The summed E-state index contributed by atoms with van der Waals surface area (Å²) in [5.74, 6) is -0.320. The second-order valence-electron chi connectivity index (χ2n) is 5.02. The Bertz CT molecular complexity index is 442. The maximum atomic E-state index is 11.8. The molecule has 0 unspecified atom stereocenters. The van der Waals surface area contributed by atoms with Crippen LogP contribution in [-0.2, 0) is 14.3 Å². The van der Waals surface area contributed by atoms with E-state index in [4.69, 9.17) is 9.47 Å². The maximum absolute atomic E-state index is 11.8. The van der Waals surface area contributed by atoms with Gasteiger partial charge in [0.2, 0.25) is 0 Å². The van der Waals surface area contributed by atoms with Gasteiger partial charge in [-0.05, 0) is 30.4 Å². The molecule has 0 aromatic rings. The molecule has 98 valence electrons. The number of ether oxygens (including phenoxy) is 2. The molecule has 1 amide bonds. The van der Waals surface area contributed by atoms with Crippen molar-refractivity contribution in [2.75, 3.05) is 6.54 Å². The molecule has 3 rings (SSSR count). The number of nitrogens with zero attached hydrogens (tertiary/aromatic N) is 1. The smallest absolute Gasteiger partial charge is 0.410 e. The van der Waals surface area contributed by atoms with E-state index in [0.717, 1.165) is 31.4 Å². The minimum Gasteiger partial charge on any atom is -0.454 e. The molecule has 0 N–H and O–H groups in total. The third-order valence-corrected chi connectivity index (χ3v) is 4.05. The van der Waals surface area contributed by atoms with E-state index in [9.17, 15) is 9.59 Å². The molecule has 0 saturated carbocycles. The Morgan fingerprint density at radius 2 is 2.33 bits per heavy atom. The van der Waals surface area contributed by atoms with E-state index >= 15 is 0 Å². The number of hydrogen-bond donors (Lipinski definition) is 0. The second kappa shape index (κ2) is 4.00. The first kappa shape index (κ1) is 11.6. The molecule has 3 atom stereocenters. The van der Waals surface area contributed by atoms with Crippen LogP contribution in [0.5, 0.6) is 0 Å². The number of esters is 1. The number of carbonyl (C=O) groups is 2. The van der Waals surface area contributed by atoms with Gasteiger partial charge >= 0.3 is 12.1 Å². The summed E-state index contributed by atoms with van der Waals surface area (Å²) in [4.78, 5) is 24.8. The van der Waals surface area contributed by atoms with E-state index in [-0.39, 0.29) is 30.3 Å². The van der Waals surface area contributed by atoms with Crippen LogP contribution in [0.2, 0.25) is 0 Å². The van der Waals surface area contributed by atoms with Crippen LogP contribution < -0.4 is 0 Å². The Balaban J connectivity index is 1.99. The minimum absolute atomic E-state index is 0.00514. The minimum atomic E-state index is -0.375. The molecule has 2 heterocycles. The Kier molecular flexibility index (Phi) is 2.57. The van der Waals surface area contributed by atoms with E-state index in [1.165, 1.54) is 12.5 Å². The first-order valence-corrected chi connectivity index (χ1v) is 6.49. The number of carbonyl (C=O) groups excluding carboxylic acids is 2. The predicted octanol–water partition coefficient (Wildman–Crippen LogP) is 1.62. The topological polar surface area (TPSA) is 55.8 Å². The average Bonchev–Trinajstić information content (AvgIpc) is 2.80. The molecule has 0 aromatic carbocycles. The monoisotopic (exact) mass is 251 g/mol. The third kappa shape index (κ3) is 1.46. The summed E-state index contributed by atoms with van der Waals surface area (Å²) in [6.45, 7) is 4.20. The second-order valence-corrected chi connectivity index (χ2v) is 5.02. The van der Waals surface area contributed by atoms with Gasteiger partial charge in [0.25, 0.3) is 0 Å². The van der Waals surface area contributed by atoms with Gasteiger partial charge in [-0.2, -0.15) is 0 Å². The Morgan fingerprint density at radius 1 is 1.56 bits per heavy atom. The zero-order valence-corrected chi connectivity index (χ0v) is 10.6. The quantitative estimate of drug-likeness (QED) is 0.553. The number of piperidine rings is 1. The molecule has 0 spiro atoms. The van der Waals surface area contributed by atoms with Crippen molar-refractivity contribution in [3.63, 3.8) is 0 Å². The van der Waals surface area contributed by atoms with Gasteiger partial charge in [0, 0.05) is 13.5 Å². The lowest BCUT2D eigenvalue weighted by Crippen LogP contribution is -2.41. The number of rotatable bonds is 2. The van der Waals surface area contributed by atoms with Crippen molar-refractivity contribution < 1.29 is 19.1 Å². The van der Waals surface area contributed by atoms with Crippen LogP contribution >= 0.6 is 0 Å². The molecule has 0 aromatic heterocycles. The first-order valence-electron chi connectivity index (χ1n) is 6.49. The third-order valence-electron chi connectivity index (χ3n) is 4.05. The fraction of sp³-hybridized carbons (Fsp3) is 0.692. The lowest BCUT2D eigenvalue weighted by molar-refractivity contribution is -0.148. The highest BCUT2D eigenvalue weighted by Gasteiger charge is 2.56. The van der Waals surface area contributed by atoms with Crippen LogP contribution in [0, 0.1) is 0 Å². The summed E-state index contributed by atoms with van der Waals surface area (Å²) in [7, 11) is 0. The fourth-order valence-electron chi connectivity index (χ4n) is 3.45. The van der Waals surface area contributed by atoms with Gasteiger partial charge in [-0.1, -0.05) is 6.92 Å². The maximum Gasteiger partial charge on any atom is 0.410 e. The highest BCUT2D eigenvalue weighted by molar-refractivity contribution is 5.74. The summed E-state index contributed by atoms with van der Waals surface area (Å²) < 4.78 is 10.8. The molecular formula is C13H17NO4. The fourth-order valence-corrected chi connectivity index (χ4v) is 3.45. The molecule has 1 aliphatic carbocycles. The van der Waals surface area contributed by atoms with E-state index in [1.807, 2.05) is 0 Å². The lowest BCUT2D eigenvalue weighted by atomic mass is 9.96. The molecule has 5 heteroatoms. The molecule has 2 saturated heterocycles. The van der Waals surface area contributed by atoms with Crippen molar-refractivity contribution in [1.82, 2.24) is 4.90 Å². The standard InChI is InChI=1S/C13H17NO4/c1-3-8-9-5-4-6-14-10(9)12(18-13(14)16)11(8)17-7(2)15/h10-12H,3-6H2,1-2H3/t10-,11-,12-/m0/s1. The van der Waals surface area contributed by atoms with Gasteiger partial charge in [-0.3, -0.25) is 9.69 Å². The zero-order valence-electron chi connectivity index (χ0n) is 10.6. The number of amides is 1. The van der Waals surface area contributed by atoms with Crippen molar-refractivity contribution in [1.29, 1.82) is 0 Å². The molecule has 3 aliphatic rings. The van der Waals surface area contributed by atoms with E-state index in [2.05, 4.69) is 6.92 Å². The zero-order chi connectivity index (χ0) is 12.9. The number of hydrogen-bond acceptors (Lipinski definition) is 4. The van der Waals surface area contributed by atoms with Crippen molar-refractivity contribution in [3.05, 3.63) is 11.1 Å². The van der Waals surface area contributed by atoms with Crippen LogP contribution in [0.15, 0.2) is 11.1 Å². The van der Waals surface area contributed by atoms with Crippen molar-refractivity contribution in [2.45, 2.75) is 51.4 Å². The normalized spacial score (nSPS) is 33.6. The SMILES string of the molecule is CCC1=C2CCCN3C(=O)O[C@H]([C@H]1OC(C)=O)[C@H]23. The van der Waals surface area contributed by atoms with Crippen molar-refractivity contribution in [2.24, 2.45) is 0 Å². The van der Waals surface area contributed by atoms with Gasteiger partial charge in [0.1, 0.15) is 0 Å². The average molecular weight is 251 g/mol. The Labute approximate surface area is 106 Å². The van der Waals surface area contributed by atoms with E-state index in [0.29, 0.717) is 0 Å². The summed E-state index contributed by atoms with van der Waals surface area (Å²) in [6.07, 6.45) is 1.81. The molecule has 2 aliphatic heterocycles. The van der Waals surface area contributed by atoms with Crippen LogP contribution in [0.4, 0.5) is 4.79 Å². The highest BCUT2D eigenvalue weighted by atomic mass is 16.6. The van der Waals surface area contributed by atoms with Crippen molar-refractivity contribution >= 4 is 12.1 Å². The van der Waals surface area contributed by atoms with Gasteiger partial charge in [-0.25, -0.2) is 4.79 Å². The molecule has 0 radical (unpaired) electrons. The predicted molar refractivity (Wildman–Crippen MR) is 62.9 cm³/mol. The largest absolute Gasteiger partial charge is 0.454 e. The summed E-state index contributed by atoms with van der Waals surface area (Å²) in [5.41, 5.74) is 2.41. The van der Waals surface area contributed by atoms with Gasteiger partial charge in [0.05, 0.1) is 6.04 Å². The Hall–Kier alpha value is -1.52. The van der Waals surface area contributed by atoms with Crippen LogP contribution in [0.25, 0.3) is 0 Å². The van der Waals surface area contributed by atoms with Crippen LogP contribution in [0.1, 0.15) is 33.1 Å². The van der Waals surface area contributed by atoms with Crippen molar-refractivity contribution in [3.8, 4) is 0 Å². The summed E-state index contributed by atoms with van der Waals surface area (Å²) in [5, 5.41) is 0. The lowest BCUT2D eigenvalue weighted by Gasteiger charge is -2.28. The molecule has 18 heavy (non-hydrogen) atoms. The van der Waals surface area contributed by atoms with Crippen LogP contribution in [0.3, 0.4) is 0 Å². The summed E-state index contributed by atoms with van der Waals surface area (Å²) >= 11 is 0. The first-order chi connectivity index (χ1) is 8.63. The van der Waals surface area contributed by atoms with Gasteiger partial charge < -0.3 is 9.47 Å². The molecular weight excluding hydrogens is 234 g/mol. The van der Waals surface area contributed by atoms with E-state index in [1.54, 1.807) is 4.90 Å². The summed E-state index contributed by atoms with van der Waals surface area (Å²) in [6, 6.07) is 0.00514.